The first-order valence-electron chi connectivity index (χ1n) is 17.5. The molecule has 254 valence electrons. The number of rotatable bonds is 8. The van der Waals surface area contributed by atoms with Crippen LogP contribution in [0.3, 0.4) is 0 Å². The summed E-state index contributed by atoms with van der Waals surface area (Å²) in [7, 11) is 2.06. The highest BCUT2D eigenvalue weighted by molar-refractivity contribution is 6.36. The van der Waals surface area contributed by atoms with E-state index in [-0.39, 0.29) is 11.4 Å². The number of likely N-dealkylation sites (tertiary alicyclic amines) is 1. The van der Waals surface area contributed by atoms with Gasteiger partial charge >= 0.3 is 11.8 Å². The molecule has 4 aliphatic rings. The van der Waals surface area contributed by atoms with E-state index >= 15 is 0 Å². The van der Waals surface area contributed by atoms with Crippen LogP contribution in [-0.2, 0) is 24.2 Å². The maximum absolute atomic E-state index is 13.1. The minimum absolute atomic E-state index is 0.0882. The summed E-state index contributed by atoms with van der Waals surface area (Å²) in [6.45, 7) is 7.40. The Balaban J connectivity index is 1.09. The van der Waals surface area contributed by atoms with E-state index in [1.54, 1.807) is 6.08 Å². The Morgan fingerprint density at radius 2 is 1.86 bits per heavy atom. The highest BCUT2D eigenvalue weighted by Gasteiger charge is 2.45. The summed E-state index contributed by atoms with van der Waals surface area (Å²) in [4.78, 5) is 34.4. The normalized spacial score (nSPS) is 20.0. The van der Waals surface area contributed by atoms with Crippen LogP contribution in [0.25, 0.3) is 16.8 Å². The number of hydrogen-bond donors (Lipinski definition) is 0. The zero-order chi connectivity index (χ0) is 33.5. The molecule has 0 unspecified atom stereocenters. The monoisotopic (exact) mass is 681 g/mol. The summed E-state index contributed by atoms with van der Waals surface area (Å²) >= 11 is 6.76. The SMILES string of the molecule is CCc1noc(/C=C/C(=O)N2CCC(=[N+](C)c3nc(OCC45CCCN4CCC5)nc4c3CCN(c3cccc5cccc(Cl)c35)C4)C2)n1. The molecule has 3 fully saturated rings. The predicted octanol–water partition coefficient (Wildman–Crippen LogP) is 5.46. The molecule has 0 N–H and O–H groups in total. The van der Waals surface area contributed by atoms with Crippen molar-refractivity contribution in [2.45, 2.75) is 64.0 Å². The molecule has 4 aromatic rings. The highest BCUT2D eigenvalue weighted by atomic mass is 35.5. The fourth-order valence-corrected chi connectivity index (χ4v) is 8.40. The summed E-state index contributed by atoms with van der Waals surface area (Å²) in [5, 5.41) is 6.83. The number of carbonyl (C=O) groups excluding carboxylic acids is 1. The first kappa shape index (κ1) is 31.9. The number of benzene rings is 2. The van der Waals surface area contributed by atoms with Gasteiger partial charge in [0.25, 0.3) is 5.89 Å². The lowest BCUT2D eigenvalue weighted by molar-refractivity contribution is -0.412. The molecule has 0 atom stereocenters. The van der Waals surface area contributed by atoms with E-state index in [1.165, 1.54) is 18.9 Å². The average molecular weight is 682 g/mol. The molecule has 1 amide bonds. The molecule has 0 bridgehead atoms. The average Bonchev–Trinajstić information content (AvgIpc) is 3.94. The number of halogens is 1. The van der Waals surface area contributed by atoms with E-state index in [2.05, 4.69) is 55.8 Å². The number of nitrogens with zero attached hydrogens (tertiary/aromatic N) is 8. The summed E-state index contributed by atoms with van der Waals surface area (Å²) in [6, 6.07) is 12.8. The van der Waals surface area contributed by atoms with Crippen molar-refractivity contribution in [3.8, 4) is 6.01 Å². The van der Waals surface area contributed by atoms with E-state index in [9.17, 15) is 4.79 Å². The molecule has 0 saturated carbocycles. The van der Waals surface area contributed by atoms with E-state index < -0.39 is 0 Å². The van der Waals surface area contributed by atoms with Crippen LogP contribution in [0.15, 0.2) is 47.0 Å². The Morgan fingerprint density at radius 3 is 2.65 bits per heavy atom. The maximum atomic E-state index is 13.1. The minimum atomic E-state index is -0.0882. The van der Waals surface area contributed by atoms with Crippen LogP contribution < -0.4 is 9.64 Å². The van der Waals surface area contributed by atoms with Crippen molar-refractivity contribution in [1.29, 1.82) is 0 Å². The van der Waals surface area contributed by atoms with Crippen molar-refractivity contribution in [1.82, 2.24) is 29.9 Å². The molecule has 4 aliphatic heterocycles. The molecule has 0 aliphatic carbocycles. The van der Waals surface area contributed by atoms with Gasteiger partial charge in [-0.1, -0.05) is 47.9 Å². The lowest BCUT2D eigenvalue weighted by atomic mass is 9.95. The van der Waals surface area contributed by atoms with Crippen LogP contribution in [0, 0.1) is 0 Å². The zero-order valence-electron chi connectivity index (χ0n) is 28.2. The van der Waals surface area contributed by atoms with E-state index in [0.29, 0.717) is 50.4 Å². The lowest BCUT2D eigenvalue weighted by Gasteiger charge is -2.32. The number of aryl methyl sites for hydroxylation is 1. The smallest absolute Gasteiger partial charge is 0.434 e. The van der Waals surface area contributed by atoms with E-state index in [0.717, 1.165) is 89.6 Å². The van der Waals surface area contributed by atoms with Gasteiger partial charge in [-0.15, -0.1) is 0 Å². The van der Waals surface area contributed by atoms with Gasteiger partial charge < -0.3 is 19.1 Å². The fraction of sp³-hybridized carbons (Fsp3) is 0.459. The van der Waals surface area contributed by atoms with E-state index in [4.69, 9.17) is 30.8 Å². The zero-order valence-corrected chi connectivity index (χ0v) is 29.0. The van der Waals surface area contributed by atoms with Gasteiger partial charge in [0.2, 0.25) is 5.91 Å². The second-order valence-electron chi connectivity index (χ2n) is 13.6. The van der Waals surface area contributed by atoms with Crippen molar-refractivity contribution in [2.75, 3.05) is 51.3 Å². The molecule has 6 heterocycles. The maximum Gasteiger partial charge on any atom is 0.434 e. The molecular weight excluding hydrogens is 640 g/mol. The van der Waals surface area contributed by atoms with Crippen molar-refractivity contribution < 1.29 is 18.6 Å². The van der Waals surface area contributed by atoms with Crippen molar-refractivity contribution in [3.05, 3.63) is 70.5 Å². The van der Waals surface area contributed by atoms with Crippen LogP contribution in [0.5, 0.6) is 6.01 Å². The lowest BCUT2D eigenvalue weighted by Crippen LogP contribution is -2.43. The second kappa shape index (κ2) is 13.2. The van der Waals surface area contributed by atoms with Crippen molar-refractivity contribution in [3.63, 3.8) is 0 Å². The quantitative estimate of drug-likeness (QED) is 0.177. The van der Waals surface area contributed by atoms with Crippen LogP contribution in [0.1, 0.15) is 62.0 Å². The molecule has 0 radical (unpaired) electrons. The molecular formula is C37H42ClN8O3+. The molecule has 12 heteroatoms. The van der Waals surface area contributed by atoms with Crippen molar-refractivity contribution >= 4 is 51.6 Å². The van der Waals surface area contributed by atoms with Crippen LogP contribution >= 0.6 is 11.6 Å². The fourth-order valence-electron chi connectivity index (χ4n) is 8.12. The van der Waals surface area contributed by atoms with Gasteiger partial charge in [-0.2, -0.15) is 9.97 Å². The van der Waals surface area contributed by atoms with Crippen LogP contribution in [-0.4, -0.2) is 98.0 Å². The Hall–Kier alpha value is -4.35. The number of anilines is 1. The first-order valence-corrected chi connectivity index (χ1v) is 17.9. The molecule has 0 spiro atoms. The van der Waals surface area contributed by atoms with Crippen LogP contribution in [0.2, 0.25) is 5.02 Å². The van der Waals surface area contributed by atoms with Gasteiger partial charge in [-0.05, 0) is 56.3 Å². The Morgan fingerprint density at radius 1 is 1.04 bits per heavy atom. The predicted molar refractivity (Wildman–Crippen MR) is 189 cm³/mol. The largest absolute Gasteiger partial charge is 0.443 e. The standard InChI is InChI=1S/C37H42ClN8O3/c1-3-31-40-32(49-42-31)12-13-33(47)45-20-14-26(22-45)43(2)35-27-15-21-44(30-11-5-9-25-8-4-10-28(38)34(25)30)23-29(27)39-36(41-35)48-24-37-16-6-18-46(37)19-7-17-37/h4-5,8-13H,3,6-7,14-24H2,1-2H3/q+1/b13-12+,43-26?. The van der Waals surface area contributed by atoms with Gasteiger partial charge in [-0.25, -0.2) is 4.58 Å². The third-order valence-electron chi connectivity index (χ3n) is 10.8. The molecule has 2 aromatic carbocycles. The van der Waals surface area contributed by atoms with Gasteiger partial charge in [0, 0.05) is 60.6 Å². The summed E-state index contributed by atoms with van der Waals surface area (Å²) in [5.41, 5.74) is 4.41. The van der Waals surface area contributed by atoms with E-state index in [1.807, 2.05) is 24.0 Å². The molecule has 2 aromatic heterocycles. The Kier molecular flexibility index (Phi) is 8.57. The number of fused-ring (bicyclic) bond motifs is 3. The number of amides is 1. The molecule has 49 heavy (non-hydrogen) atoms. The number of hydrogen-bond acceptors (Lipinski definition) is 9. The summed E-state index contributed by atoms with van der Waals surface area (Å²) in [5.74, 6) is 1.73. The number of ether oxygens (including phenoxy) is 1. The van der Waals surface area contributed by atoms with Gasteiger partial charge in [0.15, 0.2) is 5.82 Å². The highest BCUT2D eigenvalue weighted by Crippen LogP contribution is 2.40. The van der Waals surface area contributed by atoms with Crippen molar-refractivity contribution in [2.24, 2.45) is 0 Å². The molecule has 3 saturated heterocycles. The van der Waals surface area contributed by atoms with Crippen LogP contribution in [0.4, 0.5) is 11.5 Å². The number of carbonyl (C=O) groups is 1. The topological polar surface area (TPSA) is 104 Å². The third kappa shape index (κ3) is 6.07. The number of aromatic nitrogens is 4. The Bertz CT molecular complexity index is 1960. The third-order valence-corrected chi connectivity index (χ3v) is 11.1. The van der Waals surface area contributed by atoms with Gasteiger partial charge in [0.1, 0.15) is 12.3 Å². The molecule has 8 rings (SSSR count). The molecule has 11 nitrogen and oxygen atoms in total. The van der Waals surface area contributed by atoms with Gasteiger partial charge in [-0.3, -0.25) is 9.69 Å². The first-order chi connectivity index (χ1) is 23.9. The summed E-state index contributed by atoms with van der Waals surface area (Å²) in [6.07, 6.45) is 10.0. The summed E-state index contributed by atoms with van der Waals surface area (Å²) < 4.78 is 13.9. The second-order valence-corrected chi connectivity index (χ2v) is 14.0. The van der Waals surface area contributed by atoms with Gasteiger partial charge in [0.05, 0.1) is 42.0 Å². The Labute approximate surface area is 291 Å². The minimum Gasteiger partial charge on any atom is -0.443 e.